The first-order chi connectivity index (χ1) is 9.75. The van der Waals surface area contributed by atoms with E-state index < -0.39 is 0 Å². The second-order valence-corrected chi connectivity index (χ2v) is 6.09. The van der Waals surface area contributed by atoms with E-state index in [1.54, 1.807) is 6.07 Å². The molecule has 1 aliphatic heterocycles. The lowest BCUT2D eigenvalue weighted by Crippen LogP contribution is -2.38. The van der Waals surface area contributed by atoms with Gasteiger partial charge in [0.25, 0.3) is 5.91 Å². The maximum absolute atomic E-state index is 12.1. The van der Waals surface area contributed by atoms with Crippen LogP contribution in [0, 0.1) is 0 Å². The predicted octanol–water partition coefficient (Wildman–Crippen LogP) is 3.44. The van der Waals surface area contributed by atoms with Crippen LogP contribution in [0.5, 0.6) is 0 Å². The van der Waals surface area contributed by atoms with Gasteiger partial charge in [-0.1, -0.05) is 35.9 Å². The first kappa shape index (κ1) is 16.3. The van der Waals surface area contributed by atoms with Crippen LogP contribution in [0.15, 0.2) is 35.7 Å². The van der Waals surface area contributed by atoms with Gasteiger partial charge in [-0.3, -0.25) is 4.79 Å². The van der Waals surface area contributed by atoms with Crippen LogP contribution in [0.2, 0.25) is 5.02 Å². The second kappa shape index (κ2) is 7.27. The second-order valence-electron chi connectivity index (χ2n) is 4.76. The third-order valence-corrected chi connectivity index (χ3v) is 4.85. The Balaban J connectivity index is 0.00000161. The van der Waals surface area contributed by atoms with E-state index in [1.807, 2.05) is 11.4 Å². The summed E-state index contributed by atoms with van der Waals surface area (Å²) in [5, 5.41) is 8.75. The number of rotatable bonds is 3. The Kier molecular flexibility index (Phi) is 5.65. The largest absolute Gasteiger partial charge is 0.349 e. The van der Waals surface area contributed by atoms with Gasteiger partial charge in [0.15, 0.2) is 0 Å². The van der Waals surface area contributed by atoms with Gasteiger partial charge < -0.3 is 10.6 Å². The van der Waals surface area contributed by atoms with E-state index >= 15 is 0 Å². The minimum atomic E-state index is -0.102. The molecule has 1 amide bonds. The molecule has 0 bridgehead atoms. The molecule has 112 valence electrons. The molecule has 1 atom stereocenters. The lowest BCUT2D eigenvalue weighted by atomic mass is 9.94. The van der Waals surface area contributed by atoms with Crippen molar-refractivity contribution < 1.29 is 4.79 Å². The number of benzene rings is 1. The number of carbonyl (C=O) groups excluding carboxylic acids is 1. The number of halogens is 2. The summed E-state index contributed by atoms with van der Waals surface area (Å²) < 4.78 is 0. The lowest BCUT2D eigenvalue weighted by Gasteiger charge is -2.27. The standard InChI is InChI=1S/C15H15ClN2OS.ClH/c16-12-6-8-20-14(12)15(19)18-9-13-11-4-2-1-3-10(11)5-7-17-13;/h1-4,6,8,13,17H,5,7,9H2,(H,18,19);1H. The summed E-state index contributed by atoms with van der Waals surface area (Å²) in [6.45, 7) is 1.52. The predicted molar refractivity (Wildman–Crippen MR) is 89.8 cm³/mol. The fraction of sp³-hybridized carbons (Fsp3) is 0.267. The Hall–Kier alpha value is -1.07. The van der Waals surface area contributed by atoms with Crippen LogP contribution in [-0.4, -0.2) is 19.0 Å². The van der Waals surface area contributed by atoms with Crippen molar-refractivity contribution in [2.24, 2.45) is 0 Å². The van der Waals surface area contributed by atoms with Crippen LogP contribution >= 0.6 is 35.3 Å². The molecule has 1 aromatic carbocycles. The Morgan fingerprint density at radius 3 is 2.95 bits per heavy atom. The molecule has 2 aromatic rings. The Bertz CT molecular complexity index is 630. The minimum Gasteiger partial charge on any atom is -0.349 e. The van der Waals surface area contributed by atoms with Crippen LogP contribution < -0.4 is 10.6 Å². The van der Waals surface area contributed by atoms with Crippen molar-refractivity contribution in [1.82, 2.24) is 10.6 Å². The zero-order chi connectivity index (χ0) is 13.9. The molecular formula is C15H16Cl2N2OS. The molecule has 0 saturated heterocycles. The summed E-state index contributed by atoms with van der Waals surface area (Å²) in [5.74, 6) is -0.102. The zero-order valence-corrected chi connectivity index (χ0v) is 13.7. The zero-order valence-electron chi connectivity index (χ0n) is 11.3. The van der Waals surface area contributed by atoms with E-state index in [0.717, 1.165) is 13.0 Å². The molecule has 1 aromatic heterocycles. The summed E-state index contributed by atoms with van der Waals surface area (Å²) in [7, 11) is 0. The molecule has 0 saturated carbocycles. The number of amides is 1. The molecule has 2 heterocycles. The minimum absolute atomic E-state index is 0. The molecule has 3 nitrogen and oxygen atoms in total. The van der Waals surface area contributed by atoms with Crippen molar-refractivity contribution in [2.75, 3.05) is 13.1 Å². The van der Waals surface area contributed by atoms with Crippen LogP contribution in [0.4, 0.5) is 0 Å². The fourth-order valence-electron chi connectivity index (χ4n) is 2.51. The molecule has 21 heavy (non-hydrogen) atoms. The molecule has 0 fully saturated rings. The van der Waals surface area contributed by atoms with Crippen molar-refractivity contribution in [1.29, 1.82) is 0 Å². The van der Waals surface area contributed by atoms with Crippen molar-refractivity contribution in [3.05, 3.63) is 56.7 Å². The van der Waals surface area contributed by atoms with Crippen molar-refractivity contribution in [2.45, 2.75) is 12.5 Å². The first-order valence-corrected chi connectivity index (χ1v) is 7.84. The molecule has 2 N–H and O–H groups in total. The number of fused-ring (bicyclic) bond motifs is 1. The van der Waals surface area contributed by atoms with Gasteiger partial charge in [0.1, 0.15) is 4.88 Å². The van der Waals surface area contributed by atoms with E-state index in [9.17, 15) is 4.79 Å². The quantitative estimate of drug-likeness (QED) is 0.896. The van der Waals surface area contributed by atoms with Gasteiger partial charge in [0, 0.05) is 12.6 Å². The number of hydrogen-bond acceptors (Lipinski definition) is 3. The van der Waals surface area contributed by atoms with Crippen LogP contribution in [0.1, 0.15) is 26.8 Å². The normalized spacial score (nSPS) is 16.7. The SMILES string of the molecule is Cl.O=C(NCC1NCCc2ccccc21)c1sccc1Cl. The van der Waals surface area contributed by atoms with Gasteiger partial charge in [-0.15, -0.1) is 23.7 Å². The highest BCUT2D eigenvalue weighted by atomic mass is 35.5. The van der Waals surface area contributed by atoms with E-state index in [0.29, 0.717) is 16.4 Å². The summed E-state index contributed by atoms with van der Waals surface area (Å²) in [6, 6.07) is 10.3. The van der Waals surface area contributed by atoms with Crippen LogP contribution in [0.3, 0.4) is 0 Å². The molecular weight excluding hydrogens is 327 g/mol. The van der Waals surface area contributed by atoms with Crippen LogP contribution in [-0.2, 0) is 6.42 Å². The van der Waals surface area contributed by atoms with Gasteiger partial charge in [0.05, 0.1) is 5.02 Å². The highest BCUT2D eigenvalue weighted by Crippen LogP contribution is 2.24. The van der Waals surface area contributed by atoms with Crippen molar-refractivity contribution in [3.63, 3.8) is 0 Å². The monoisotopic (exact) mass is 342 g/mol. The summed E-state index contributed by atoms with van der Waals surface area (Å²) >= 11 is 7.34. The first-order valence-electron chi connectivity index (χ1n) is 6.58. The number of thiophene rings is 1. The third kappa shape index (κ3) is 3.58. The van der Waals surface area contributed by atoms with E-state index in [4.69, 9.17) is 11.6 Å². The molecule has 0 aliphatic carbocycles. The maximum atomic E-state index is 12.1. The maximum Gasteiger partial charge on any atom is 0.262 e. The van der Waals surface area contributed by atoms with Gasteiger partial charge in [-0.25, -0.2) is 0 Å². The fourth-order valence-corrected chi connectivity index (χ4v) is 3.56. The average molecular weight is 343 g/mol. The Morgan fingerprint density at radius 2 is 2.19 bits per heavy atom. The topological polar surface area (TPSA) is 41.1 Å². The Morgan fingerprint density at radius 1 is 1.38 bits per heavy atom. The number of hydrogen-bond donors (Lipinski definition) is 2. The number of nitrogens with one attached hydrogen (secondary N) is 2. The summed E-state index contributed by atoms with van der Waals surface area (Å²) in [5.41, 5.74) is 2.64. The van der Waals surface area contributed by atoms with E-state index in [1.165, 1.54) is 22.5 Å². The van der Waals surface area contributed by atoms with Gasteiger partial charge in [-0.05, 0) is 35.5 Å². The summed E-state index contributed by atoms with van der Waals surface area (Å²) in [6.07, 6.45) is 1.04. The van der Waals surface area contributed by atoms with Gasteiger partial charge in [0.2, 0.25) is 0 Å². The summed E-state index contributed by atoms with van der Waals surface area (Å²) in [4.78, 5) is 12.6. The highest BCUT2D eigenvalue weighted by molar-refractivity contribution is 7.12. The highest BCUT2D eigenvalue weighted by Gasteiger charge is 2.20. The molecule has 1 aliphatic rings. The molecule has 1 unspecified atom stereocenters. The lowest BCUT2D eigenvalue weighted by molar-refractivity contribution is 0.0953. The Labute approximate surface area is 139 Å². The molecule has 0 radical (unpaired) electrons. The average Bonchev–Trinajstić information content (AvgIpc) is 2.91. The van der Waals surface area contributed by atoms with Crippen molar-refractivity contribution >= 4 is 41.3 Å². The van der Waals surface area contributed by atoms with Crippen molar-refractivity contribution in [3.8, 4) is 0 Å². The molecule has 6 heteroatoms. The molecule has 3 rings (SSSR count). The molecule has 0 spiro atoms. The van der Waals surface area contributed by atoms with Gasteiger partial charge in [-0.2, -0.15) is 0 Å². The third-order valence-electron chi connectivity index (χ3n) is 3.51. The van der Waals surface area contributed by atoms with Gasteiger partial charge >= 0.3 is 0 Å². The van der Waals surface area contributed by atoms with Crippen LogP contribution in [0.25, 0.3) is 0 Å². The van der Waals surface area contributed by atoms with E-state index in [2.05, 4.69) is 28.8 Å². The smallest absolute Gasteiger partial charge is 0.262 e. The number of carbonyl (C=O) groups is 1. The van der Waals surface area contributed by atoms with E-state index in [-0.39, 0.29) is 24.4 Å².